The van der Waals surface area contributed by atoms with E-state index < -0.39 is 24.5 Å². The molecular weight excluding hydrogens is 156 g/mol. The lowest BCUT2D eigenvalue weighted by Gasteiger charge is -2.16. The van der Waals surface area contributed by atoms with Crippen LogP contribution in [0.3, 0.4) is 0 Å². The summed E-state index contributed by atoms with van der Waals surface area (Å²) in [5.74, 6) is -0.439. The van der Waals surface area contributed by atoms with E-state index in [1.165, 1.54) is 0 Å². The molecule has 0 radical (unpaired) electrons. The van der Waals surface area contributed by atoms with Gasteiger partial charge in [-0.3, -0.25) is 4.79 Å². The molecule has 1 aliphatic heterocycles. The molecule has 3 nitrogen and oxygen atoms in total. The predicted molar refractivity (Wildman–Crippen MR) is 33.1 cm³/mol. The summed E-state index contributed by atoms with van der Waals surface area (Å²) in [6.07, 6.45) is -2.90. The number of nitrogens with two attached hydrogens (primary N) is 1. The Morgan fingerprint density at radius 1 is 1.64 bits per heavy atom. The summed E-state index contributed by atoms with van der Waals surface area (Å²) in [6.45, 7) is 0. The van der Waals surface area contributed by atoms with Crippen molar-refractivity contribution in [1.82, 2.24) is 0 Å². The van der Waals surface area contributed by atoms with Gasteiger partial charge < -0.3 is 10.5 Å². The largest absolute Gasteiger partial charge is 0.460 e. The standard InChI is InChI=1S/C6H9F2NO2/c7-6(8)5(9)3-1-2-4(10)11-3/h3,5-6H,1-2,9H2. The summed E-state index contributed by atoms with van der Waals surface area (Å²) >= 11 is 0. The maximum absolute atomic E-state index is 11.9. The van der Waals surface area contributed by atoms with E-state index in [9.17, 15) is 13.6 Å². The Morgan fingerprint density at radius 2 is 2.27 bits per heavy atom. The molecule has 1 fully saturated rings. The van der Waals surface area contributed by atoms with Crippen LogP contribution in [-0.2, 0) is 9.53 Å². The molecule has 1 heterocycles. The van der Waals surface area contributed by atoms with Crippen LogP contribution in [0.1, 0.15) is 12.8 Å². The second-order valence-corrected chi connectivity index (χ2v) is 2.48. The number of cyclic esters (lactones) is 1. The van der Waals surface area contributed by atoms with E-state index in [0.717, 1.165) is 0 Å². The van der Waals surface area contributed by atoms with Crippen LogP contribution >= 0.6 is 0 Å². The number of carbonyl (C=O) groups is 1. The van der Waals surface area contributed by atoms with Crippen LogP contribution in [0.5, 0.6) is 0 Å². The highest BCUT2D eigenvalue weighted by molar-refractivity contribution is 5.71. The zero-order valence-electron chi connectivity index (χ0n) is 5.80. The first-order valence-corrected chi connectivity index (χ1v) is 3.34. The molecule has 2 unspecified atom stereocenters. The number of esters is 1. The van der Waals surface area contributed by atoms with Crippen molar-refractivity contribution in [3.05, 3.63) is 0 Å². The monoisotopic (exact) mass is 165 g/mol. The van der Waals surface area contributed by atoms with E-state index in [1.54, 1.807) is 0 Å². The smallest absolute Gasteiger partial charge is 0.306 e. The van der Waals surface area contributed by atoms with E-state index in [4.69, 9.17) is 5.73 Å². The number of halogens is 2. The average molecular weight is 165 g/mol. The highest BCUT2D eigenvalue weighted by Crippen LogP contribution is 2.19. The van der Waals surface area contributed by atoms with Crippen molar-refractivity contribution >= 4 is 5.97 Å². The average Bonchev–Trinajstić information content (AvgIpc) is 2.34. The van der Waals surface area contributed by atoms with E-state index in [1.807, 2.05) is 0 Å². The van der Waals surface area contributed by atoms with E-state index in [-0.39, 0.29) is 6.42 Å². The van der Waals surface area contributed by atoms with Gasteiger partial charge in [0.05, 0.1) is 0 Å². The molecule has 2 atom stereocenters. The first-order chi connectivity index (χ1) is 5.11. The number of hydrogen-bond donors (Lipinski definition) is 1. The van der Waals surface area contributed by atoms with Gasteiger partial charge in [0.2, 0.25) is 0 Å². The van der Waals surface area contributed by atoms with Gasteiger partial charge in [-0.15, -0.1) is 0 Å². The molecule has 1 rings (SSSR count). The van der Waals surface area contributed by atoms with Crippen LogP contribution in [0.25, 0.3) is 0 Å². The lowest BCUT2D eigenvalue weighted by molar-refractivity contribution is -0.143. The van der Waals surface area contributed by atoms with Gasteiger partial charge in [0, 0.05) is 6.42 Å². The Labute approximate surface area is 62.5 Å². The maximum Gasteiger partial charge on any atom is 0.306 e. The quantitative estimate of drug-likeness (QED) is 0.598. The van der Waals surface area contributed by atoms with Crippen molar-refractivity contribution < 1.29 is 18.3 Å². The lowest BCUT2D eigenvalue weighted by atomic mass is 10.1. The molecule has 0 amide bonds. The van der Waals surface area contributed by atoms with Crippen molar-refractivity contribution in [1.29, 1.82) is 0 Å². The first kappa shape index (κ1) is 8.39. The Hall–Kier alpha value is -0.710. The summed E-state index contributed by atoms with van der Waals surface area (Å²) in [6, 6.07) is -1.33. The van der Waals surface area contributed by atoms with Crippen LogP contribution < -0.4 is 5.73 Å². The van der Waals surface area contributed by atoms with Gasteiger partial charge in [0.15, 0.2) is 0 Å². The molecule has 1 aliphatic rings. The van der Waals surface area contributed by atoms with Crippen LogP contribution in [0.2, 0.25) is 0 Å². The molecule has 0 aliphatic carbocycles. The number of hydrogen-bond acceptors (Lipinski definition) is 3. The lowest BCUT2D eigenvalue weighted by Crippen LogP contribution is -2.40. The van der Waals surface area contributed by atoms with Gasteiger partial charge in [0.1, 0.15) is 12.1 Å². The zero-order chi connectivity index (χ0) is 8.43. The fourth-order valence-corrected chi connectivity index (χ4v) is 0.980. The summed E-state index contributed by atoms with van der Waals surface area (Å²) < 4.78 is 28.3. The van der Waals surface area contributed by atoms with Crippen molar-refractivity contribution in [2.75, 3.05) is 0 Å². The Kier molecular flexibility index (Phi) is 2.38. The minimum absolute atomic E-state index is 0.199. The zero-order valence-corrected chi connectivity index (χ0v) is 5.80. The SMILES string of the molecule is NC(C(F)F)C1CCC(=O)O1. The molecule has 2 N–H and O–H groups in total. The van der Waals surface area contributed by atoms with Crippen LogP contribution in [0.4, 0.5) is 8.78 Å². The van der Waals surface area contributed by atoms with Gasteiger partial charge in [-0.05, 0) is 6.42 Å². The second kappa shape index (κ2) is 3.13. The highest BCUT2D eigenvalue weighted by Gasteiger charge is 2.33. The molecule has 0 aromatic rings. The molecule has 0 aromatic heterocycles. The van der Waals surface area contributed by atoms with Gasteiger partial charge in [0.25, 0.3) is 6.43 Å². The fraction of sp³-hybridized carbons (Fsp3) is 0.833. The van der Waals surface area contributed by atoms with Crippen molar-refractivity contribution in [2.24, 2.45) is 5.73 Å². The third-order valence-electron chi connectivity index (χ3n) is 1.64. The van der Waals surface area contributed by atoms with Gasteiger partial charge in [-0.1, -0.05) is 0 Å². The molecule has 11 heavy (non-hydrogen) atoms. The molecule has 1 saturated heterocycles. The van der Waals surface area contributed by atoms with E-state index in [2.05, 4.69) is 4.74 Å². The normalized spacial score (nSPS) is 27.3. The van der Waals surface area contributed by atoms with Gasteiger partial charge in [-0.2, -0.15) is 0 Å². The maximum atomic E-state index is 11.9. The third kappa shape index (κ3) is 1.86. The molecule has 0 saturated carbocycles. The first-order valence-electron chi connectivity index (χ1n) is 3.34. The highest BCUT2D eigenvalue weighted by atomic mass is 19.3. The van der Waals surface area contributed by atoms with E-state index in [0.29, 0.717) is 6.42 Å². The number of ether oxygens (including phenoxy) is 1. The van der Waals surface area contributed by atoms with E-state index >= 15 is 0 Å². The summed E-state index contributed by atoms with van der Waals surface area (Å²) in [4.78, 5) is 10.5. The van der Waals surface area contributed by atoms with Gasteiger partial charge in [-0.25, -0.2) is 8.78 Å². The molecule has 0 bridgehead atoms. The van der Waals surface area contributed by atoms with Crippen molar-refractivity contribution in [2.45, 2.75) is 31.4 Å². The fourth-order valence-electron chi connectivity index (χ4n) is 0.980. The topological polar surface area (TPSA) is 52.3 Å². The second-order valence-electron chi connectivity index (χ2n) is 2.48. The molecule has 5 heteroatoms. The molecule has 0 aromatic carbocycles. The molecular formula is C6H9F2NO2. The van der Waals surface area contributed by atoms with Gasteiger partial charge >= 0.3 is 5.97 Å². The number of carbonyl (C=O) groups excluding carboxylic acids is 1. The summed E-state index contributed by atoms with van der Waals surface area (Å²) in [7, 11) is 0. The van der Waals surface area contributed by atoms with Crippen LogP contribution in [0.15, 0.2) is 0 Å². The van der Waals surface area contributed by atoms with Crippen LogP contribution in [-0.4, -0.2) is 24.5 Å². The minimum Gasteiger partial charge on any atom is -0.460 e. The predicted octanol–water partition coefficient (Wildman–Crippen LogP) is 0.284. The minimum atomic E-state index is -2.62. The Balaban J connectivity index is 2.43. The Bertz CT molecular complexity index is 163. The molecule has 0 spiro atoms. The van der Waals surface area contributed by atoms with Crippen molar-refractivity contribution in [3.8, 4) is 0 Å². The van der Waals surface area contributed by atoms with Crippen LogP contribution in [0, 0.1) is 0 Å². The summed E-state index contributed by atoms with van der Waals surface area (Å²) in [5, 5.41) is 0. The van der Waals surface area contributed by atoms with Crippen molar-refractivity contribution in [3.63, 3.8) is 0 Å². The third-order valence-corrected chi connectivity index (χ3v) is 1.64. The molecule has 64 valence electrons. The number of alkyl halides is 2. The Morgan fingerprint density at radius 3 is 2.64 bits per heavy atom. The summed E-state index contributed by atoms with van der Waals surface area (Å²) in [5.41, 5.74) is 5.06. The number of rotatable bonds is 2.